The fourth-order valence-corrected chi connectivity index (χ4v) is 1.32. The Morgan fingerprint density at radius 1 is 1.54 bits per heavy atom. The summed E-state index contributed by atoms with van der Waals surface area (Å²) in [4.78, 5) is 4.01. The van der Waals surface area contributed by atoms with Crippen molar-refractivity contribution in [1.82, 2.24) is 4.98 Å². The quantitative estimate of drug-likeness (QED) is 0.729. The lowest BCUT2D eigenvalue weighted by molar-refractivity contribution is 0.220. The monoisotopic (exact) mass is 178 g/mol. The first-order chi connectivity index (χ1) is 6.35. The zero-order chi connectivity index (χ0) is 9.15. The van der Waals surface area contributed by atoms with Gasteiger partial charge >= 0.3 is 0 Å². The van der Waals surface area contributed by atoms with E-state index >= 15 is 0 Å². The molecule has 0 amide bonds. The van der Waals surface area contributed by atoms with Crippen molar-refractivity contribution in [3.8, 4) is 0 Å². The predicted molar refractivity (Wildman–Crippen MR) is 51.5 cm³/mol. The highest BCUT2D eigenvalue weighted by Crippen LogP contribution is 2.44. The molecule has 3 nitrogen and oxygen atoms in total. The van der Waals surface area contributed by atoms with Crippen LogP contribution in [0.2, 0.25) is 0 Å². The Morgan fingerprint density at radius 2 is 2.38 bits per heavy atom. The van der Waals surface area contributed by atoms with E-state index in [0.717, 1.165) is 25.1 Å². The van der Waals surface area contributed by atoms with Gasteiger partial charge in [0.25, 0.3) is 0 Å². The molecule has 2 N–H and O–H groups in total. The average Bonchev–Trinajstić information content (AvgIpc) is 2.97. The van der Waals surface area contributed by atoms with E-state index in [0.29, 0.717) is 6.61 Å². The first-order valence-electron chi connectivity index (χ1n) is 4.59. The Bertz CT molecular complexity index is 270. The van der Waals surface area contributed by atoms with Crippen LogP contribution in [0.15, 0.2) is 24.5 Å². The van der Waals surface area contributed by atoms with Crippen molar-refractivity contribution in [3.63, 3.8) is 0 Å². The van der Waals surface area contributed by atoms with Crippen LogP contribution in [0.3, 0.4) is 0 Å². The number of aromatic nitrogens is 1. The Morgan fingerprint density at radius 3 is 2.92 bits per heavy atom. The standard InChI is InChI=1S/C10H14N2O/c13-8-10(3-4-10)7-12-9-2-1-5-11-6-9/h1-2,5-6,12-13H,3-4,7-8H2. The number of pyridine rings is 1. The van der Waals surface area contributed by atoms with Gasteiger partial charge in [0.15, 0.2) is 0 Å². The Hall–Kier alpha value is -1.09. The maximum Gasteiger partial charge on any atom is 0.0526 e. The van der Waals surface area contributed by atoms with Crippen molar-refractivity contribution < 1.29 is 5.11 Å². The highest BCUT2D eigenvalue weighted by atomic mass is 16.3. The number of rotatable bonds is 4. The molecule has 0 radical (unpaired) electrons. The summed E-state index contributed by atoms with van der Waals surface area (Å²) in [6.45, 7) is 1.15. The maximum atomic E-state index is 9.08. The van der Waals surface area contributed by atoms with Gasteiger partial charge in [-0.2, -0.15) is 0 Å². The number of nitrogens with zero attached hydrogens (tertiary/aromatic N) is 1. The lowest BCUT2D eigenvalue weighted by atomic mass is 10.1. The predicted octanol–water partition coefficient (Wildman–Crippen LogP) is 1.27. The van der Waals surface area contributed by atoms with Gasteiger partial charge in [0.1, 0.15) is 0 Å². The Balaban J connectivity index is 1.86. The SMILES string of the molecule is OCC1(CNc2cccnc2)CC1. The summed E-state index contributed by atoms with van der Waals surface area (Å²) in [5.41, 5.74) is 1.19. The van der Waals surface area contributed by atoms with Crippen LogP contribution in [0.4, 0.5) is 5.69 Å². The molecule has 0 saturated heterocycles. The number of hydrogen-bond donors (Lipinski definition) is 2. The van der Waals surface area contributed by atoms with Crippen molar-refractivity contribution in [2.45, 2.75) is 12.8 Å². The molecule has 0 atom stereocenters. The normalized spacial score (nSPS) is 18.2. The van der Waals surface area contributed by atoms with Crippen LogP contribution in [0.1, 0.15) is 12.8 Å². The van der Waals surface area contributed by atoms with Crippen molar-refractivity contribution >= 4 is 5.69 Å². The van der Waals surface area contributed by atoms with Gasteiger partial charge in [-0.05, 0) is 25.0 Å². The second-order valence-corrected chi connectivity index (χ2v) is 3.75. The lowest BCUT2D eigenvalue weighted by Gasteiger charge is -2.13. The molecule has 1 aromatic heterocycles. The molecule has 0 spiro atoms. The molecule has 0 aliphatic heterocycles. The van der Waals surface area contributed by atoms with Crippen LogP contribution in [-0.2, 0) is 0 Å². The van der Waals surface area contributed by atoms with Gasteiger partial charge < -0.3 is 10.4 Å². The van der Waals surface area contributed by atoms with E-state index in [4.69, 9.17) is 5.11 Å². The summed E-state index contributed by atoms with van der Waals surface area (Å²) < 4.78 is 0. The minimum absolute atomic E-state index is 0.163. The molecule has 1 aromatic rings. The van der Waals surface area contributed by atoms with E-state index in [1.165, 1.54) is 0 Å². The van der Waals surface area contributed by atoms with E-state index < -0.39 is 0 Å². The van der Waals surface area contributed by atoms with Crippen LogP contribution in [0.25, 0.3) is 0 Å². The van der Waals surface area contributed by atoms with Gasteiger partial charge in [0, 0.05) is 24.4 Å². The molecule has 1 aliphatic carbocycles. The van der Waals surface area contributed by atoms with Crippen LogP contribution < -0.4 is 5.32 Å². The number of hydrogen-bond acceptors (Lipinski definition) is 3. The Kier molecular flexibility index (Phi) is 2.19. The van der Waals surface area contributed by atoms with Crippen molar-refractivity contribution in [2.75, 3.05) is 18.5 Å². The summed E-state index contributed by atoms with van der Waals surface area (Å²) >= 11 is 0. The summed E-state index contributed by atoms with van der Waals surface area (Å²) in [5.74, 6) is 0. The van der Waals surface area contributed by atoms with E-state index in [1.807, 2.05) is 12.1 Å². The highest BCUT2D eigenvalue weighted by molar-refractivity contribution is 5.40. The second kappa shape index (κ2) is 3.34. The largest absolute Gasteiger partial charge is 0.396 e. The van der Waals surface area contributed by atoms with E-state index in [1.54, 1.807) is 12.4 Å². The highest BCUT2D eigenvalue weighted by Gasteiger charge is 2.41. The molecule has 0 bridgehead atoms. The molecule has 0 aromatic carbocycles. The molecule has 70 valence electrons. The van der Waals surface area contributed by atoms with Gasteiger partial charge in [-0.25, -0.2) is 0 Å². The van der Waals surface area contributed by atoms with Gasteiger partial charge in [-0.1, -0.05) is 0 Å². The van der Waals surface area contributed by atoms with Gasteiger partial charge in [-0.3, -0.25) is 4.98 Å². The molecule has 3 heteroatoms. The van der Waals surface area contributed by atoms with Crippen LogP contribution in [-0.4, -0.2) is 23.2 Å². The molecule has 1 fully saturated rings. The number of aliphatic hydroxyl groups excluding tert-OH is 1. The number of aliphatic hydroxyl groups is 1. The molecule has 2 rings (SSSR count). The smallest absolute Gasteiger partial charge is 0.0526 e. The third-order valence-corrected chi connectivity index (χ3v) is 2.62. The topological polar surface area (TPSA) is 45.1 Å². The fourth-order valence-electron chi connectivity index (χ4n) is 1.32. The molecule has 13 heavy (non-hydrogen) atoms. The summed E-state index contributed by atoms with van der Waals surface area (Å²) in [6, 6.07) is 3.89. The van der Waals surface area contributed by atoms with Crippen LogP contribution in [0.5, 0.6) is 0 Å². The zero-order valence-corrected chi connectivity index (χ0v) is 7.53. The molecule has 1 heterocycles. The molecule has 1 saturated carbocycles. The van der Waals surface area contributed by atoms with Crippen LogP contribution in [0, 0.1) is 5.41 Å². The summed E-state index contributed by atoms with van der Waals surface area (Å²) in [6.07, 6.45) is 5.82. The first kappa shape index (κ1) is 8.51. The minimum Gasteiger partial charge on any atom is -0.396 e. The van der Waals surface area contributed by atoms with Crippen molar-refractivity contribution in [1.29, 1.82) is 0 Å². The lowest BCUT2D eigenvalue weighted by Crippen LogP contribution is -2.18. The molecule has 0 unspecified atom stereocenters. The third-order valence-electron chi connectivity index (χ3n) is 2.62. The van der Waals surface area contributed by atoms with Crippen LogP contribution >= 0.6 is 0 Å². The second-order valence-electron chi connectivity index (χ2n) is 3.75. The maximum absolute atomic E-state index is 9.08. The molecular formula is C10H14N2O. The number of nitrogens with one attached hydrogen (secondary N) is 1. The van der Waals surface area contributed by atoms with Gasteiger partial charge in [-0.15, -0.1) is 0 Å². The van der Waals surface area contributed by atoms with Crippen molar-refractivity contribution in [2.24, 2.45) is 5.41 Å². The summed E-state index contributed by atoms with van der Waals surface area (Å²) in [7, 11) is 0. The Labute approximate surface area is 77.8 Å². The van der Waals surface area contributed by atoms with E-state index in [-0.39, 0.29) is 5.41 Å². The average molecular weight is 178 g/mol. The van der Waals surface area contributed by atoms with E-state index in [2.05, 4.69) is 10.3 Å². The zero-order valence-electron chi connectivity index (χ0n) is 7.53. The summed E-state index contributed by atoms with van der Waals surface area (Å²) in [5, 5.41) is 12.4. The third kappa shape index (κ3) is 1.98. The number of anilines is 1. The van der Waals surface area contributed by atoms with E-state index in [9.17, 15) is 0 Å². The fraction of sp³-hybridized carbons (Fsp3) is 0.500. The van der Waals surface area contributed by atoms with Gasteiger partial charge in [0.05, 0.1) is 12.3 Å². The van der Waals surface area contributed by atoms with Crippen molar-refractivity contribution in [3.05, 3.63) is 24.5 Å². The molecular weight excluding hydrogens is 164 g/mol. The first-order valence-corrected chi connectivity index (χ1v) is 4.59. The minimum atomic E-state index is 0.163. The molecule has 1 aliphatic rings. The van der Waals surface area contributed by atoms with Gasteiger partial charge in [0.2, 0.25) is 0 Å².